The van der Waals surface area contributed by atoms with Crippen molar-refractivity contribution in [1.29, 1.82) is 0 Å². The Morgan fingerprint density at radius 1 is 1.47 bits per heavy atom. The van der Waals surface area contributed by atoms with Gasteiger partial charge >= 0.3 is 5.82 Å². The van der Waals surface area contributed by atoms with E-state index in [2.05, 4.69) is 0 Å². The topological polar surface area (TPSA) is 143 Å². The number of hydrogen-bond acceptors (Lipinski definition) is 7. The van der Waals surface area contributed by atoms with Gasteiger partial charge in [0.25, 0.3) is 0 Å². The summed E-state index contributed by atoms with van der Waals surface area (Å²) in [7, 11) is -3.02. The molecule has 9 nitrogen and oxygen atoms in total. The van der Waals surface area contributed by atoms with Gasteiger partial charge in [-0.15, -0.1) is 10.2 Å². The zero-order chi connectivity index (χ0) is 13.8. The van der Waals surface area contributed by atoms with E-state index < -0.39 is 10.2 Å². The number of hydrogen-bond donors (Lipinski definition) is 1. The first-order valence-corrected chi connectivity index (χ1v) is 5.89. The summed E-state index contributed by atoms with van der Waals surface area (Å²) in [5.41, 5.74) is 0. The smallest absolute Gasteiger partial charge is 0.358 e. The Morgan fingerprint density at radius 2 is 1.88 bits per heavy atom. The summed E-state index contributed by atoms with van der Waals surface area (Å²) in [4.78, 5) is 13.1. The van der Waals surface area contributed by atoms with Crippen LogP contribution in [0.2, 0.25) is 0 Å². The van der Waals surface area contributed by atoms with Crippen molar-refractivity contribution in [2.24, 2.45) is 0 Å². The summed E-state index contributed by atoms with van der Waals surface area (Å²) < 4.78 is 34.0. The number of nitrogens with one attached hydrogen (secondary N) is 1. The van der Waals surface area contributed by atoms with Crippen molar-refractivity contribution in [3.8, 4) is 0 Å². The minimum absolute atomic E-state index is 0.176. The minimum Gasteiger partial charge on any atom is -0.358 e. The van der Waals surface area contributed by atoms with Gasteiger partial charge in [-0.25, -0.2) is 23.5 Å². The van der Waals surface area contributed by atoms with Crippen LogP contribution in [0.4, 0.5) is 0 Å². The standard InChI is InChI=1S/C7H13N3O2.ClHO4/c1-4-9-6(2)8(3)5-7(9)10(11)12;2-1(3,4)5/h5-6H,4H2,1-3H3;(H,2,3,4,5). The molecule has 0 aromatic rings. The summed E-state index contributed by atoms with van der Waals surface area (Å²) in [6.07, 6.45) is 1.82. The highest BCUT2D eigenvalue weighted by Crippen LogP contribution is 2.09. The van der Waals surface area contributed by atoms with E-state index in [1.807, 2.05) is 20.9 Å². The van der Waals surface area contributed by atoms with Gasteiger partial charge in [0.2, 0.25) is 6.17 Å². The number of quaternary nitrogens is 1. The second-order valence-corrected chi connectivity index (χ2v) is 4.10. The Hall–Kier alpha value is -0.970. The van der Waals surface area contributed by atoms with Gasteiger partial charge in [-0.1, -0.05) is 0 Å². The van der Waals surface area contributed by atoms with E-state index in [4.69, 9.17) is 18.6 Å². The van der Waals surface area contributed by atoms with Crippen LogP contribution in [-0.4, -0.2) is 29.6 Å². The van der Waals surface area contributed by atoms with Crippen LogP contribution in [0.25, 0.3) is 0 Å². The summed E-state index contributed by atoms with van der Waals surface area (Å²) in [6, 6.07) is 0. The molecule has 2 unspecified atom stereocenters. The van der Waals surface area contributed by atoms with Crippen LogP contribution in [0.5, 0.6) is 0 Å². The molecule has 17 heavy (non-hydrogen) atoms. The average Bonchev–Trinajstić information content (AvgIpc) is 2.40. The molecule has 0 saturated carbocycles. The highest BCUT2D eigenvalue weighted by Gasteiger charge is 2.38. The van der Waals surface area contributed by atoms with Gasteiger partial charge < -0.3 is 10.1 Å². The lowest BCUT2D eigenvalue weighted by molar-refractivity contribution is -2.00. The van der Waals surface area contributed by atoms with Crippen molar-refractivity contribution >= 4 is 0 Å². The van der Waals surface area contributed by atoms with Gasteiger partial charge in [0.15, 0.2) is 6.20 Å². The van der Waals surface area contributed by atoms with Crippen LogP contribution in [0.1, 0.15) is 13.8 Å². The normalized spacial score (nSPS) is 23.9. The van der Waals surface area contributed by atoms with E-state index in [-0.39, 0.29) is 16.9 Å². The first kappa shape index (κ1) is 16.0. The predicted molar refractivity (Wildman–Crippen MR) is 43.8 cm³/mol. The Labute approximate surface area is 100 Å². The van der Waals surface area contributed by atoms with E-state index >= 15 is 0 Å². The van der Waals surface area contributed by atoms with E-state index in [0.717, 1.165) is 4.90 Å². The van der Waals surface area contributed by atoms with E-state index in [0.29, 0.717) is 6.54 Å². The fraction of sp³-hybridized carbons (Fsp3) is 0.714. The van der Waals surface area contributed by atoms with Crippen LogP contribution >= 0.6 is 0 Å². The highest BCUT2D eigenvalue weighted by molar-refractivity contribution is 4.90. The van der Waals surface area contributed by atoms with Crippen LogP contribution < -0.4 is 23.5 Å². The van der Waals surface area contributed by atoms with Gasteiger partial charge in [0.1, 0.15) is 0 Å². The van der Waals surface area contributed by atoms with Gasteiger partial charge in [-0.3, -0.25) is 4.90 Å². The van der Waals surface area contributed by atoms with E-state index in [1.54, 1.807) is 11.1 Å². The lowest BCUT2D eigenvalue weighted by Crippen LogP contribution is -3.07. The molecule has 1 rings (SSSR count). The second kappa shape index (κ2) is 6.10. The quantitative estimate of drug-likeness (QED) is 0.390. The van der Waals surface area contributed by atoms with Gasteiger partial charge in [-0.2, -0.15) is 0 Å². The average molecular weight is 272 g/mol. The second-order valence-electron chi connectivity index (χ2n) is 3.34. The van der Waals surface area contributed by atoms with Crippen LogP contribution in [-0.2, 0) is 0 Å². The molecule has 0 radical (unpaired) electrons. The maximum absolute atomic E-state index is 10.5. The molecule has 0 aromatic heterocycles. The molecule has 0 fully saturated rings. The van der Waals surface area contributed by atoms with Crippen LogP contribution in [0.15, 0.2) is 12.0 Å². The molecule has 0 spiro atoms. The monoisotopic (exact) mass is 271 g/mol. The first-order valence-electron chi connectivity index (χ1n) is 4.65. The Balaban J connectivity index is 0.000000437. The third-order valence-electron chi connectivity index (χ3n) is 2.31. The number of nitro groups is 1. The lowest BCUT2D eigenvalue weighted by Gasteiger charge is -2.17. The van der Waals surface area contributed by atoms with E-state index in [1.165, 1.54) is 0 Å². The molecular formula is C7H14ClN3O6. The lowest BCUT2D eigenvalue weighted by atomic mass is 10.4. The van der Waals surface area contributed by atoms with Gasteiger partial charge in [0.05, 0.1) is 13.6 Å². The van der Waals surface area contributed by atoms with E-state index in [9.17, 15) is 10.1 Å². The Morgan fingerprint density at radius 3 is 2.12 bits per heavy atom. The van der Waals surface area contributed by atoms with Crippen molar-refractivity contribution in [1.82, 2.24) is 4.90 Å². The van der Waals surface area contributed by atoms with Crippen molar-refractivity contribution < 1.29 is 38.7 Å². The maximum Gasteiger partial charge on any atom is 0.376 e. The number of nitrogens with zero attached hydrogens (tertiary/aromatic N) is 2. The number of halogens is 1. The minimum atomic E-state index is -4.94. The largest absolute Gasteiger partial charge is 0.376 e. The molecule has 0 saturated heterocycles. The molecule has 1 N–H and O–H groups in total. The molecule has 0 amide bonds. The fourth-order valence-electron chi connectivity index (χ4n) is 1.44. The predicted octanol–water partition coefficient (Wildman–Crippen LogP) is -5.50. The molecule has 10 heteroatoms. The first-order chi connectivity index (χ1) is 7.57. The Bertz CT molecular complexity index is 298. The molecule has 0 bridgehead atoms. The molecule has 1 aliphatic heterocycles. The zero-order valence-electron chi connectivity index (χ0n) is 9.58. The summed E-state index contributed by atoms with van der Waals surface area (Å²) in [5, 5.41) is 10.5. The van der Waals surface area contributed by atoms with Crippen molar-refractivity contribution in [2.75, 3.05) is 13.6 Å². The summed E-state index contributed by atoms with van der Waals surface area (Å²) in [6.45, 7) is 4.59. The summed E-state index contributed by atoms with van der Waals surface area (Å²) in [5.74, 6) is 0.225. The fourth-order valence-corrected chi connectivity index (χ4v) is 1.44. The third-order valence-corrected chi connectivity index (χ3v) is 2.31. The summed E-state index contributed by atoms with van der Waals surface area (Å²) >= 11 is 0. The molecule has 1 heterocycles. The SMILES string of the molecule is CCN1C([N+](=O)[O-])=C[NH+](C)C1C.[O-][Cl+3]([O-])([O-])[O-]. The van der Waals surface area contributed by atoms with Crippen molar-refractivity contribution in [3.63, 3.8) is 0 Å². The molecule has 1 aliphatic rings. The highest BCUT2D eigenvalue weighted by atomic mass is 35.7. The molecule has 0 aliphatic carbocycles. The molecule has 100 valence electrons. The van der Waals surface area contributed by atoms with Crippen molar-refractivity contribution in [2.45, 2.75) is 20.0 Å². The Kier molecular flexibility index (Phi) is 5.75. The number of rotatable bonds is 2. The van der Waals surface area contributed by atoms with Gasteiger partial charge in [-0.05, 0) is 11.8 Å². The van der Waals surface area contributed by atoms with Crippen molar-refractivity contribution in [3.05, 3.63) is 22.1 Å². The molecule has 0 aromatic carbocycles. The maximum atomic E-state index is 10.5. The van der Waals surface area contributed by atoms with Gasteiger partial charge in [0, 0.05) is 6.92 Å². The third kappa shape index (κ3) is 5.77. The van der Waals surface area contributed by atoms with Crippen LogP contribution in [0, 0.1) is 20.4 Å². The zero-order valence-corrected chi connectivity index (χ0v) is 10.3. The van der Waals surface area contributed by atoms with Crippen LogP contribution in [0.3, 0.4) is 0 Å². The molecule has 2 atom stereocenters. The molecular weight excluding hydrogens is 258 g/mol.